The number of aliphatic carboxylic acids is 1. The van der Waals surface area contributed by atoms with E-state index in [1.165, 1.54) is 6.07 Å². The first-order valence-corrected chi connectivity index (χ1v) is 5.00. The van der Waals surface area contributed by atoms with E-state index in [2.05, 4.69) is 0 Å². The van der Waals surface area contributed by atoms with E-state index >= 15 is 0 Å². The Hall–Kier alpha value is -1.91. The molecule has 1 saturated carbocycles. The van der Waals surface area contributed by atoms with E-state index in [-0.39, 0.29) is 12.5 Å². The van der Waals surface area contributed by atoms with Gasteiger partial charge in [0.05, 0.1) is 5.56 Å². The Labute approximate surface area is 91.2 Å². The van der Waals surface area contributed by atoms with Crippen LogP contribution in [0.4, 0.5) is 0 Å². The molecule has 0 unspecified atom stereocenters. The second-order valence-electron chi connectivity index (χ2n) is 4.08. The molecular formula is C11H10O5. The third kappa shape index (κ3) is 1.02. The summed E-state index contributed by atoms with van der Waals surface area (Å²) in [6.07, 6.45) is 1.05. The molecule has 5 nitrogen and oxygen atoms in total. The molecule has 0 bridgehead atoms. The number of phenols is 1. The second-order valence-corrected chi connectivity index (χ2v) is 4.08. The van der Waals surface area contributed by atoms with Gasteiger partial charge in [0.25, 0.3) is 0 Å². The number of phenolic OH excluding ortho intramolecular Hbond substituents is 1. The Morgan fingerprint density at radius 3 is 2.69 bits per heavy atom. The predicted octanol–water partition coefficient (Wildman–Crippen LogP) is 1.24. The van der Waals surface area contributed by atoms with Gasteiger partial charge in [-0.2, -0.15) is 0 Å². The van der Waals surface area contributed by atoms with Gasteiger partial charge in [-0.15, -0.1) is 0 Å². The molecule has 0 amide bonds. The van der Waals surface area contributed by atoms with E-state index in [1.807, 2.05) is 0 Å². The first kappa shape index (κ1) is 9.33. The summed E-state index contributed by atoms with van der Waals surface area (Å²) in [6, 6.07) is 3.03. The Bertz CT molecular complexity index is 476. The van der Waals surface area contributed by atoms with Crippen molar-refractivity contribution in [3.8, 4) is 17.2 Å². The maximum atomic E-state index is 11.2. The van der Waals surface area contributed by atoms with Crippen LogP contribution in [-0.2, 0) is 10.2 Å². The molecule has 1 aliphatic heterocycles. The average molecular weight is 222 g/mol. The number of ether oxygens (including phenoxy) is 2. The van der Waals surface area contributed by atoms with Crippen LogP contribution < -0.4 is 9.47 Å². The van der Waals surface area contributed by atoms with Crippen molar-refractivity contribution in [1.29, 1.82) is 0 Å². The zero-order valence-electron chi connectivity index (χ0n) is 8.40. The summed E-state index contributed by atoms with van der Waals surface area (Å²) in [5.74, 6) is -0.0870. The Kier molecular flexibility index (Phi) is 1.64. The fraction of sp³-hybridized carbons (Fsp3) is 0.364. The number of rotatable bonds is 2. The molecule has 2 N–H and O–H groups in total. The van der Waals surface area contributed by atoms with Crippen LogP contribution in [-0.4, -0.2) is 23.0 Å². The number of carboxylic acid groups (broad SMARTS) is 1. The third-order valence-corrected chi connectivity index (χ3v) is 3.16. The van der Waals surface area contributed by atoms with Crippen LogP contribution in [0.3, 0.4) is 0 Å². The number of carboxylic acids is 1. The van der Waals surface area contributed by atoms with Crippen LogP contribution in [0.2, 0.25) is 0 Å². The zero-order chi connectivity index (χ0) is 11.3. The van der Waals surface area contributed by atoms with E-state index < -0.39 is 11.4 Å². The van der Waals surface area contributed by atoms with Gasteiger partial charge < -0.3 is 19.7 Å². The van der Waals surface area contributed by atoms with Crippen molar-refractivity contribution in [2.75, 3.05) is 6.79 Å². The van der Waals surface area contributed by atoms with Gasteiger partial charge in [-0.3, -0.25) is 4.79 Å². The van der Waals surface area contributed by atoms with Crippen LogP contribution >= 0.6 is 0 Å². The van der Waals surface area contributed by atoms with Gasteiger partial charge >= 0.3 is 5.97 Å². The van der Waals surface area contributed by atoms with Gasteiger partial charge in [-0.1, -0.05) is 0 Å². The highest BCUT2D eigenvalue weighted by Gasteiger charge is 2.55. The third-order valence-electron chi connectivity index (χ3n) is 3.16. The fourth-order valence-corrected chi connectivity index (χ4v) is 2.12. The maximum Gasteiger partial charge on any atom is 0.314 e. The molecule has 0 saturated heterocycles. The minimum Gasteiger partial charge on any atom is -0.507 e. The molecule has 1 heterocycles. The van der Waals surface area contributed by atoms with E-state index in [0.717, 1.165) is 0 Å². The highest BCUT2D eigenvalue weighted by atomic mass is 16.7. The quantitative estimate of drug-likeness (QED) is 0.787. The number of fused-ring (bicyclic) bond motifs is 1. The van der Waals surface area contributed by atoms with Crippen LogP contribution in [0.1, 0.15) is 18.4 Å². The van der Waals surface area contributed by atoms with Crippen LogP contribution in [0.5, 0.6) is 17.2 Å². The van der Waals surface area contributed by atoms with Gasteiger partial charge in [0.15, 0.2) is 11.5 Å². The van der Waals surface area contributed by atoms with Crippen molar-refractivity contribution in [1.82, 2.24) is 0 Å². The summed E-state index contributed by atoms with van der Waals surface area (Å²) >= 11 is 0. The van der Waals surface area contributed by atoms with E-state index in [0.29, 0.717) is 29.9 Å². The Balaban J connectivity index is 2.21. The lowest BCUT2D eigenvalue weighted by Crippen LogP contribution is -2.20. The molecular weight excluding hydrogens is 212 g/mol. The SMILES string of the molecule is O=C(O)C1(c2c(O)ccc3c2OCO3)CC1. The molecule has 1 aliphatic carbocycles. The lowest BCUT2D eigenvalue weighted by molar-refractivity contribution is -0.140. The van der Waals surface area contributed by atoms with Crippen LogP contribution in [0, 0.1) is 0 Å². The summed E-state index contributed by atoms with van der Waals surface area (Å²) in [6.45, 7) is 0.0709. The number of aromatic hydroxyl groups is 1. The summed E-state index contributed by atoms with van der Waals surface area (Å²) in [7, 11) is 0. The van der Waals surface area contributed by atoms with Gasteiger partial charge in [0.1, 0.15) is 11.2 Å². The topological polar surface area (TPSA) is 76.0 Å². The molecule has 1 aromatic rings. The lowest BCUT2D eigenvalue weighted by atomic mass is 9.94. The van der Waals surface area contributed by atoms with Crippen molar-refractivity contribution < 1.29 is 24.5 Å². The Morgan fingerprint density at radius 1 is 1.31 bits per heavy atom. The highest BCUT2D eigenvalue weighted by molar-refractivity contribution is 5.88. The van der Waals surface area contributed by atoms with Crippen molar-refractivity contribution in [3.63, 3.8) is 0 Å². The van der Waals surface area contributed by atoms with Crippen molar-refractivity contribution in [2.45, 2.75) is 18.3 Å². The lowest BCUT2D eigenvalue weighted by Gasteiger charge is -2.14. The van der Waals surface area contributed by atoms with Crippen LogP contribution in [0.15, 0.2) is 12.1 Å². The van der Waals surface area contributed by atoms with E-state index in [4.69, 9.17) is 9.47 Å². The zero-order valence-corrected chi connectivity index (χ0v) is 8.40. The summed E-state index contributed by atoms with van der Waals surface area (Å²) in [5.41, 5.74) is -0.627. The van der Waals surface area contributed by atoms with Crippen molar-refractivity contribution in [2.24, 2.45) is 0 Å². The van der Waals surface area contributed by atoms with E-state index in [9.17, 15) is 15.0 Å². The molecule has 16 heavy (non-hydrogen) atoms. The summed E-state index contributed by atoms with van der Waals surface area (Å²) in [5, 5.41) is 19.0. The molecule has 0 atom stereocenters. The normalized spacial score (nSPS) is 19.5. The number of hydrogen-bond donors (Lipinski definition) is 2. The molecule has 1 aromatic carbocycles. The maximum absolute atomic E-state index is 11.2. The summed E-state index contributed by atoms with van der Waals surface area (Å²) < 4.78 is 10.4. The van der Waals surface area contributed by atoms with Gasteiger partial charge in [0, 0.05) is 0 Å². The van der Waals surface area contributed by atoms with Crippen molar-refractivity contribution in [3.05, 3.63) is 17.7 Å². The van der Waals surface area contributed by atoms with Gasteiger partial charge in [-0.05, 0) is 25.0 Å². The molecule has 0 spiro atoms. The summed E-state index contributed by atoms with van der Waals surface area (Å²) in [4.78, 5) is 11.2. The molecule has 84 valence electrons. The molecule has 5 heteroatoms. The first-order chi connectivity index (χ1) is 7.65. The van der Waals surface area contributed by atoms with Crippen molar-refractivity contribution >= 4 is 5.97 Å². The molecule has 1 fully saturated rings. The van der Waals surface area contributed by atoms with E-state index in [1.54, 1.807) is 6.07 Å². The number of carbonyl (C=O) groups is 1. The molecule has 0 radical (unpaired) electrons. The highest BCUT2D eigenvalue weighted by Crippen LogP contribution is 2.57. The smallest absolute Gasteiger partial charge is 0.314 e. The monoisotopic (exact) mass is 222 g/mol. The number of benzene rings is 1. The molecule has 0 aromatic heterocycles. The number of hydrogen-bond acceptors (Lipinski definition) is 4. The minimum atomic E-state index is -0.983. The van der Waals surface area contributed by atoms with Crippen LogP contribution in [0.25, 0.3) is 0 Å². The molecule has 2 aliphatic rings. The fourth-order valence-electron chi connectivity index (χ4n) is 2.12. The second kappa shape index (κ2) is 2.81. The predicted molar refractivity (Wildman–Crippen MR) is 52.8 cm³/mol. The largest absolute Gasteiger partial charge is 0.507 e. The minimum absolute atomic E-state index is 0.0378. The van der Waals surface area contributed by atoms with Gasteiger partial charge in [-0.25, -0.2) is 0 Å². The standard InChI is InChI=1S/C11H10O5/c12-6-1-2-7-9(16-5-15-7)8(6)11(3-4-11)10(13)14/h1-2,12H,3-5H2,(H,13,14). The van der Waals surface area contributed by atoms with Gasteiger partial charge in [0.2, 0.25) is 6.79 Å². The first-order valence-electron chi connectivity index (χ1n) is 5.00. The average Bonchev–Trinajstić information content (AvgIpc) is 2.90. The Morgan fingerprint density at radius 2 is 2.06 bits per heavy atom. The molecule has 3 rings (SSSR count).